The average Bonchev–Trinajstić information content (AvgIpc) is 3.11. The summed E-state index contributed by atoms with van der Waals surface area (Å²) in [5.74, 6) is 0.412. The molecule has 1 atom stereocenters. The lowest BCUT2D eigenvalue weighted by Crippen LogP contribution is -2.36. The van der Waals surface area contributed by atoms with Crippen molar-refractivity contribution in [3.05, 3.63) is 95.1 Å². The molecular weight excluding hydrogens is 347 g/mol. The van der Waals surface area contributed by atoms with Crippen LogP contribution in [-0.2, 0) is 19.6 Å². The normalized spacial score (nSPS) is 12.7. The van der Waals surface area contributed by atoms with Crippen molar-refractivity contribution in [1.82, 2.24) is 9.47 Å². The third-order valence-corrected chi connectivity index (χ3v) is 5.63. The number of hydrogen-bond donors (Lipinski definition) is 0. The Labute approximate surface area is 168 Å². The molecule has 3 heteroatoms. The van der Waals surface area contributed by atoms with Crippen LogP contribution in [0.5, 0.6) is 0 Å². The Bertz CT molecular complexity index is 880. The summed E-state index contributed by atoms with van der Waals surface area (Å²) >= 11 is 0. The molecule has 2 aromatic carbocycles. The molecule has 2 nitrogen and oxygen atoms in total. The van der Waals surface area contributed by atoms with Gasteiger partial charge in [-0.2, -0.15) is 0 Å². The summed E-state index contributed by atoms with van der Waals surface area (Å²) in [6.07, 6.45) is 2.05. The fourth-order valence-electron chi connectivity index (χ4n) is 3.46. The molecule has 0 amide bonds. The number of nitrogens with zero attached hydrogens (tertiary/aromatic N) is 2. The van der Waals surface area contributed by atoms with Gasteiger partial charge in [-0.25, -0.2) is 4.39 Å². The van der Waals surface area contributed by atoms with Gasteiger partial charge in [0.1, 0.15) is 5.82 Å². The van der Waals surface area contributed by atoms with Crippen molar-refractivity contribution < 1.29 is 4.39 Å². The predicted octanol–water partition coefficient (Wildman–Crippen LogP) is 6.03. The Hall–Kier alpha value is -2.39. The average molecular weight is 379 g/mol. The summed E-state index contributed by atoms with van der Waals surface area (Å²) < 4.78 is 16.3. The smallest absolute Gasteiger partial charge is 0.128 e. The SMILES string of the molecule is Cc1ccc(CN(Cc2cccn2Cc2ccccc2F)[C@H](C)C(C)C)cc1. The summed E-state index contributed by atoms with van der Waals surface area (Å²) in [6.45, 7) is 11.3. The minimum Gasteiger partial charge on any atom is -0.346 e. The lowest BCUT2D eigenvalue weighted by Gasteiger charge is -2.32. The van der Waals surface area contributed by atoms with Gasteiger partial charge >= 0.3 is 0 Å². The molecule has 0 spiro atoms. The van der Waals surface area contributed by atoms with Gasteiger partial charge in [0, 0.05) is 36.6 Å². The van der Waals surface area contributed by atoms with E-state index in [-0.39, 0.29) is 5.82 Å². The maximum Gasteiger partial charge on any atom is 0.128 e. The van der Waals surface area contributed by atoms with E-state index in [0.29, 0.717) is 18.5 Å². The van der Waals surface area contributed by atoms with E-state index in [1.807, 2.05) is 18.3 Å². The largest absolute Gasteiger partial charge is 0.346 e. The van der Waals surface area contributed by atoms with Crippen molar-refractivity contribution in [1.29, 1.82) is 0 Å². The van der Waals surface area contributed by atoms with Crippen LogP contribution in [0.15, 0.2) is 66.9 Å². The van der Waals surface area contributed by atoms with Gasteiger partial charge in [0.25, 0.3) is 0 Å². The van der Waals surface area contributed by atoms with E-state index < -0.39 is 0 Å². The van der Waals surface area contributed by atoms with E-state index in [4.69, 9.17) is 0 Å². The molecule has 0 bridgehead atoms. The van der Waals surface area contributed by atoms with Crippen LogP contribution >= 0.6 is 0 Å². The first-order chi connectivity index (χ1) is 13.4. The molecule has 0 aliphatic carbocycles. The first kappa shape index (κ1) is 20.3. The molecule has 0 saturated carbocycles. The van der Waals surface area contributed by atoms with Crippen LogP contribution in [0.1, 0.15) is 43.2 Å². The molecule has 0 saturated heterocycles. The van der Waals surface area contributed by atoms with Crippen molar-refractivity contribution in [3.8, 4) is 0 Å². The van der Waals surface area contributed by atoms with Gasteiger partial charge in [0.15, 0.2) is 0 Å². The van der Waals surface area contributed by atoms with Crippen molar-refractivity contribution in [2.24, 2.45) is 5.92 Å². The number of rotatable bonds is 8. The van der Waals surface area contributed by atoms with E-state index in [1.165, 1.54) is 22.9 Å². The highest BCUT2D eigenvalue weighted by Crippen LogP contribution is 2.20. The summed E-state index contributed by atoms with van der Waals surface area (Å²) in [5.41, 5.74) is 4.54. The van der Waals surface area contributed by atoms with Crippen LogP contribution in [0.25, 0.3) is 0 Å². The van der Waals surface area contributed by atoms with Crippen molar-refractivity contribution >= 4 is 0 Å². The van der Waals surface area contributed by atoms with E-state index in [9.17, 15) is 4.39 Å². The predicted molar refractivity (Wildman–Crippen MR) is 115 cm³/mol. The van der Waals surface area contributed by atoms with E-state index in [1.54, 1.807) is 6.07 Å². The number of benzene rings is 2. The Kier molecular flexibility index (Phi) is 6.69. The van der Waals surface area contributed by atoms with Crippen molar-refractivity contribution in [2.75, 3.05) is 0 Å². The van der Waals surface area contributed by atoms with Crippen LogP contribution in [0.4, 0.5) is 4.39 Å². The monoisotopic (exact) mass is 378 g/mol. The zero-order valence-corrected chi connectivity index (χ0v) is 17.4. The molecular formula is C25H31FN2. The Morgan fingerprint density at radius 3 is 2.29 bits per heavy atom. The number of halogens is 1. The minimum atomic E-state index is -0.144. The molecule has 0 aliphatic heterocycles. The fraction of sp³-hybridized carbons (Fsp3) is 0.360. The quantitative estimate of drug-likeness (QED) is 0.464. The topological polar surface area (TPSA) is 8.17 Å². The number of hydrogen-bond acceptors (Lipinski definition) is 1. The van der Waals surface area contributed by atoms with E-state index >= 15 is 0 Å². The second-order valence-electron chi connectivity index (χ2n) is 8.09. The summed E-state index contributed by atoms with van der Waals surface area (Å²) in [4.78, 5) is 2.52. The molecule has 3 aromatic rings. The third kappa shape index (κ3) is 5.11. The van der Waals surface area contributed by atoms with Crippen molar-refractivity contribution in [3.63, 3.8) is 0 Å². The molecule has 0 fully saturated rings. The van der Waals surface area contributed by atoms with Crippen LogP contribution in [0.2, 0.25) is 0 Å². The first-order valence-electron chi connectivity index (χ1n) is 10.1. The maximum absolute atomic E-state index is 14.1. The second kappa shape index (κ2) is 9.20. The summed E-state index contributed by atoms with van der Waals surface area (Å²) in [7, 11) is 0. The van der Waals surface area contributed by atoms with Gasteiger partial charge in [-0.05, 0) is 43.5 Å². The van der Waals surface area contributed by atoms with Gasteiger partial charge in [-0.15, -0.1) is 0 Å². The highest BCUT2D eigenvalue weighted by atomic mass is 19.1. The fourth-order valence-corrected chi connectivity index (χ4v) is 3.46. The standard InChI is InChI=1S/C25H31FN2/c1-19(2)21(4)28(16-22-13-11-20(3)12-14-22)18-24-9-7-15-27(24)17-23-8-5-6-10-25(23)26/h5-15,19,21H,16-18H2,1-4H3/t21-/m1/s1. The van der Waals surface area contributed by atoms with Crippen LogP contribution < -0.4 is 0 Å². The van der Waals surface area contributed by atoms with Crippen LogP contribution in [0.3, 0.4) is 0 Å². The maximum atomic E-state index is 14.1. The van der Waals surface area contributed by atoms with E-state index in [0.717, 1.165) is 18.7 Å². The first-order valence-corrected chi connectivity index (χ1v) is 10.1. The summed E-state index contributed by atoms with van der Waals surface area (Å²) in [5, 5.41) is 0. The highest BCUT2D eigenvalue weighted by Gasteiger charge is 2.19. The molecule has 1 aromatic heterocycles. The molecule has 0 aliphatic rings. The molecule has 0 N–H and O–H groups in total. The van der Waals surface area contributed by atoms with Crippen LogP contribution in [-0.4, -0.2) is 15.5 Å². The van der Waals surface area contributed by atoms with Crippen molar-refractivity contribution in [2.45, 2.75) is 53.4 Å². The van der Waals surface area contributed by atoms with Crippen LogP contribution in [0, 0.1) is 18.7 Å². The third-order valence-electron chi connectivity index (χ3n) is 5.63. The second-order valence-corrected chi connectivity index (χ2v) is 8.09. The summed E-state index contributed by atoms with van der Waals surface area (Å²) in [6, 6.07) is 20.5. The highest BCUT2D eigenvalue weighted by molar-refractivity contribution is 5.22. The lowest BCUT2D eigenvalue weighted by atomic mass is 10.0. The zero-order chi connectivity index (χ0) is 20.1. The van der Waals surface area contributed by atoms with Gasteiger partial charge in [0.2, 0.25) is 0 Å². The van der Waals surface area contributed by atoms with Gasteiger partial charge < -0.3 is 4.57 Å². The molecule has 148 valence electrons. The lowest BCUT2D eigenvalue weighted by molar-refractivity contribution is 0.148. The Morgan fingerprint density at radius 2 is 1.61 bits per heavy atom. The van der Waals surface area contributed by atoms with E-state index in [2.05, 4.69) is 73.6 Å². The minimum absolute atomic E-state index is 0.144. The van der Waals surface area contributed by atoms with Gasteiger partial charge in [0.05, 0.1) is 6.54 Å². The Balaban J connectivity index is 1.80. The Morgan fingerprint density at radius 1 is 0.893 bits per heavy atom. The number of aryl methyl sites for hydroxylation is 1. The molecule has 28 heavy (non-hydrogen) atoms. The molecule has 3 rings (SSSR count). The van der Waals surface area contributed by atoms with Gasteiger partial charge in [-0.1, -0.05) is 61.9 Å². The van der Waals surface area contributed by atoms with Gasteiger partial charge in [-0.3, -0.25) is 4.90 Å². The molecule has 0 unspecified atom stereocenters. The molecule has 0 radical (unpaired) electrons. The number of aromatic nitrogens is 1. The molecule has 1 heterocycles. The zero-order valence-electron chi connectivity index (χ0n) is 17.4.